The normalized spacial score (nSPS) is 16.7. The fourth-order valence-corrected chi connectivity index (χ4v) is 3.22. The molecule has 1 heterocycles. The van der Waals surface area contributed by atoms with Gasteiger partial charge in [-0.1, -0.05) is 36.4 Å². The third kappa shape index (κ3) is 4.86. The first-order valence-corrected chi connectivity index (χ1v) is 9.18. The maximum atomic E-state index is 12.5. The highest BCUT2D eigenvalue weighted by Crippen LogP contribution is 2.13. The predicted molar refractivity (Wildman–Crippen MR) is 102 cm³/mol. The van der Waals surface area contributed by atoms with Crippen molar-refractivity contribution in [2.24, 2.45) is 0 Å². The van der Waals surface area contributed by atoms with Gasteiger partial charge in [0.15, 0.2) is 6.04 Å². The molecule has 1 aliphatic heterocycles. The van der Waals surface area contributed by atoms with E-state index >= 15 is 0 Å². The van der Waals surface area contributed by atoms with Crippen molar-refractivity contribution in [1.29, 1.82) is 0 Å². The molecule has 2 amide bonds. The lowest BCUT2D eigenvalue weighted by molar-refractivity contribution is -0.695. The number of nitrogens with two attached hydrogens (primary N) is 1. The summed E-state index contributed by atoms with van der Waals surface area (Å²) in [7, 11) is 1.61. The molecule has 27 heavy (non-hydrogen) atoms. The van der Waals surface area contributed by atoms with Crippen LogP contribution in [0.3, 0.4) is 0 Å². The molecular formula is C21H26N3O3+. The second-order valence-electron chi connectivity index (χ2n) is 6.82. The standard InChI is InChI=1S/C21H25N3O3/c1-14(20(25)23-12-15-7-9-18(27-2)10-8-15)24-21(26)19-11-16-5-3-4-6-17(16)13-22-19/h3-10,14,19,22H,11-13H2,1-2H3,(H,23,25)(H,24,26)/p+1/t14-,19-/m0/s1. The predicted octanol–water partition coefficient (Wildman–Crippen LogP) is 0.504. The lowest BCUT2D eigenvalue weighted by Crippen LogP contribution is -2.93. The van der Waals surface area contributed by atoms with E-state index in [-0.39, 0.29) is 17.9 Å². The van der Waals surface area contributed by atoms with Gasteiger partial charge in [-0.05, 0) is 30.2 Å². The van der Waals surface area contributed by atoms with Crippen LogP contribution in [0.5, 0.6) is 5.75 Å². The highest BCUT2D eigenvalue weighted by atomic mass is 16.5. The number of hydrogen-bond donors (Lipinski definition) is 3. The SMILES string of the molecule is COc1ccc(CNC(=O)[C@H](C)NC(=O)[C@@H]2Cc3ccccc3C[NH2+]2)cc1. The molecule has 3 rings (SSSR count). The van der Waals surface area contributed by atoms with Crippen molar-refractivity contribution in [1.82, 2.24) is 10.6 Å². The van der Waals surface area contributed by atoms with E-state index < -0.39 is 6.04 Å². The molecule has 2 atom stereocenters. The van der Waals surface area contributed by atoms with Crippen LogP contribution < -0.4 is 20.7 Å². The lowest BCUT2D eigenvalue weighted by Gasteiger charge is -2.23. The van der Waals surface area contributed by atoms with Gasteiger partial charge in [-0.15, -0.1) is 0 Å². The number of ether oxygens (including phenoxy) is 1. The molecular weight excluding hydrogens is 342 g/mol. The summed E-state index contributed by atoms with van der Waals surface area (Å²) < 4.78 is 5.12. The fraction of sp³-hybridized carbons (Fsp3) is 0.333. The molecule has 0 radical (unpaired) electrons. The van der Waals surface area contributed by atoms with E-state index in [0.717, 1.165) is 17.9 Å². The van der Waals surface area contributed by atoms with Gasteiger partial charge in [0.2, 0.25) is 5.91 Å². The van der Waals surface area contributed by atoms with E-state index in [1.165, 1.54) is 11.1 Å². The zero-order valence-corrected chi connectivity index (χ0v) is 15.7. The van der Waals surface area contributed by atoms with E-state index in [0.29, 0.717) is 13.0 Å². The van der Waals surface area contributed by atoms with E-state index in [1.54, 1.807) is 14.0 Å². The minimum atomic E-state index is -0.582. The summed E-state index contributed by atoms with van der Waals surface area (Å²) in [5.41, 5.74) is 3.45. The molecule has 0 aromatic heterocycles. The molecule has 0 saturated carbocycles. The van der Waals surface area contributed by atoms with Crippen LogP contribution in [0.25, 0.3) is 0 Å². The van der Waals surface area contributed by atoms with Gasteiger partial charge in [0.05, 0.1) is 7.11 Å². The number of quaternary nitrogens is 1. The molecule has 2 aromatic rings. The number of fused-ring (bicyclic) bond motifs is 1. The van der Waals surface area contributed by atoms with Crippen molar-refractivity contribution in [2.75, 3.05) is 7.11 Å². The maximum absolute atomic E-state index is 12.5. The van der Waals surface area contributed by atoms with E-state index in [1.807, 2.05) is 41.7 Å². The summed E-state index contributed by atoms with van der Waals surface area (Å²) in [4.78, 5) is 24.8. The molecule has 0 unspecified atom stereocenters. The van der Waals surface area contributed by atoms with Gasteiger partial charge in [0, 0.05) is 18.5 Å². The number of rotatable bonds is 6. The van der Waals surface area contributed by atoms with E-state index in [2.05, 4.69) is 22.8 Å². The van der Waals surface area contributed by atoms with Crippen LogP contribution in [0.15, 0.2) is 48.5 Å². The number of methoxy groups -OCH3 is 1. The van der Waals surface area contributed by atoms with E-state index in [4.69, 9.17) is 4.74 Å². The average molecular weight is 368 g/mol. The molecule has 2 aromatic carbocycles. The van der Waals surface area contributed by atoms with Crippen LogP contribution in [0.1, 0.15) is 23.6 Å². The molecule has 142 valence electrons. The Labute approximate surface area is 159 Å². The van der Waals surface area contributed by atoms with Crippen molar-refractivity contribution in [3.05, 3.63) is 65.2 Å². The molecule has 0 bridgehead atoms. The Kier molecular flexibility index (Phi) is 6.08. The van der Waals surface area contributed by atoms with Crippen molar-refractivity contribution in [2.45, 2.75) is 38.5 Å². The van der Waals surface area contributed by atoms with Crippen LogP contribution >= 0.6 is 0 Å². The second kappa shape index (κ2) is 8.68. The van der Waals surface area contributed by atoms with Gasteiger partial charge in [-0.2, -0.15) is 0 Å². The largest absolute Gasteiger partial charge is 0.497 e. The first-order valence-electron chi connectivity index (χ1n) is 9.18. The van der Waals surface area contributed by atoms with Crippen LogP contribution in [-0.2, 0) is 29.1 Å². The molecule has 0 aliphatic carbocycles. The summed E-state index contributed by atoms with van der Waals surface area (Å²) >= 11 is 0. The number of carbonyl (C=O) groups excluding carboxylic acids is 2. The minimum absolute atomic E-state index is 0.100. The minimum Gasteiger partial charge on any atom is -0.497 e. The third-order valence-electron chi connectivity index (χ3n) is 4.90. The van der Waals surface area contributed by atoms with Crippen LogP contribution in [-0.4, -0.2) is 31.0 Å². The lowest BCUT2D eigenvalue weighted by atomic mass is 9.95. The van der Waals surface area contributed by atoms with Crippen LogP contribution in [0.4, 0.5) is 0 Å². The fourth-order valence-electron chi connectivity index (χ4n) is 3.22. The van der Waals surface area contributed by atoms with Crippen molar-refractivity contribution in [3.63, 3.8) is 0 Å². The number of carbonyl (C=O) groups is 2. The number of benzene rings is 2. The molecule has 0 saturated heterocycles. The first kappa shape index (κ1) is 18.9. The van der Waals surface area contributed by atoms with Gasteiger partial charge in [0.25, 0.3) is 5.91 Å². The van der Waals surface area contributed by atoms with Crippen molar-refractivity contribution < 1.29 is 19.6 Å². The Balaban J connectivity index is 1.48. The summed E-state index contributed by atoms with van der Waals surface area (Å²) in [6.45, 7) is 2.90. The number of hydrogen-bond acceptors (Lipinski definition) is 3. The molecule has 4 N–H and O–H groups in total. The Bertz CT molecular complexity index is 805. The topological polar surface area (TPSA) is 84.0 Å². The van der Waals surface area contributed by atoms with Gasteiger partial charge < -0.3 is 20.7 Å². The number of amides is 2. The summed E-state index contributed by atoms with van der Waals surface area (Å²) in [6, 6.07) is 14.9. The van der Waals surface area contributed by atoms with Crippen molar-refractivity contribution in [3.8, 4) is 5.75 Å². The Morgan fingerprint density at radius 1 is 1.15 bits per heavy atom. The molecule has 0 spiro atoms. The Morgan fingerprint density at radius 2 is 1.85 bits per heavy atom. The van der Waals surface area contributed by atoms with Gasteiger partial charge in [0.1, 0.15) is 18.3 Å². The zero-order chi connectivity index (χ0) is 19.2. The second-order valence-corrected chi connectivity index (χ2v) is 6.82. The first-order chi connectivity index (χ1) is 13.1. The zero-order valence-electron chi connectivity index (χ0n) is 15.7. The molecule has 6 nitrogen and oxygen atoms in total. The van der Waals surface area contributed by atoms with Crippen LogP contribution in [0, 0.1) is 0 Å². The Morgan fingerprint density at radius 3 is 2.56 bits per heavy atom. The average Bonchev–Trinajstić information content (AvgIpc) is 2.71. The molecule has 0 fully saturated rings. The molecule has 1 aliphatic rings. The Hall–Kier alpha value is -2.86. The van der Waals surface area contributed by atoms with Gasteiger partial charge in [-0.25, -0.2) is 0 Å². The smallest absolute Gasteiger partial charge is 0.279 e. The summed E-state index contributed by atoms with van der Waals surface area (Å²) in [5.74, 6) is 0.475. The number of nitrogens with one attached hydrogen (secondary N) is 2. The quantitative estimate of drug-likeness (QED) is 0.694. The highest BCUT2D eigenvalue weighted by Gasteiger charge is 2.29. The monoisotopic (exact) mass is 368 g/mol. The van der Waals surface area contributed by atoms with Gasteiger partial charge in [-0.3, -0.25) is 9.59 Å². The van der Waals surface area contributed by atoms with Crippen molar-refractivity contribution >= 4 is 11.8 Å². The van der Waals surface area contributed by atoms with Crippen LogP contribution in [0.2, 0.25) is 0 Å². The van der Waals surface area contributed by atoms with E-state index in [9.17, 15) is 9.59 Å². The highest BCUT2D eigenvalue weighted by molar-refractivity contribution is 5.89. The molecule has 6 heteroatoms. The summed E-state index contributed by atoms with van der Waals surface area (Å²) in [5, 5.41) is 7.72. The third-order valence-corrected chi connectivity index (χ3v) is 4.90. The van der Waals surface area contributed by atoms with Gasteiger partial charge >= 0.3 is 0 Å². The maximum Gasteiger partial charge on any atom is 0.279 e. The summed E-state index contributed by atoms with van der Waals surface area (Å²) in [6.07, 6.45) is 0.683.